The number of halogens is 1. The topological polar surface area (TPSA) is 146 Å². The van der Waals surface area contributed by atoms with E-state index in [1.54, 1.807) is 38.2 Å². The molecule has 10 heterocycles. The van der Waals surface area contributed by atoms with Gasteiger partial charge in [0.2, 0.25) is 9.74 Å². The molecule has 2 spiro atoms. The van der Waals surface area contributed by atoms with Crippen LogP contribution in [0.15, 0.2) is 42.5 Å². The molecular formula is C31H29FN6O6S4. The number of benzene rings is 2. The maximum Gasteiger partial charge on any atom is 0.264 e. The third-order valence-electron chi connectivity index (χ3n) is 12.5. The summed E-state index contributed by atoms with van der Waals surface area (Å²) in [6.07, 6.45) is -5.51. The van der Waals surface area contributed by atoms with Crippen molar-refractivity contribution in [1.82, 2.24) is 19.6 Å². The molecule has 4 amide bonds. The Kier molecular flexibility index (Phi) is 5.34. The number of fused-ring (bicyclic) bond motifs is 11. The number of nitrogens with one attached hydrogen (secondary N) is 2. The Morgan fingerprint density at radius 1 is 0.750 bits per heavy atom. The van der Waals surface area contributed by atoms with Crippen molar-refractivity contribution in [3.8, 4) is 0 Å². The highest BCUT2D eigenvalue weighted by atomic mass is 33.1. The van der Waals surface area contributed by atoms with E-state index in [2.05, 4.69) is 10.6 Å². The number of rotatable bonds is 2. The van der Waals surface area contributed by atoms with Crippen LogP contribution >= 0.6 is 43.2 Å². The molecule has 0 unspecified atom stereocenters. The van der Waals surface area contributed by atoms with Gasteiger partial charge in [-0.05, 0) is 70.3 Å². The molecule has 0 aliphatic carbocycles. The minimum absolute atomic E-state index is 0.246. The first-order chi connectivity index (χ1) is 22.8. The lowest BCUT2D eigenvalue weighted by Gasteiger charge is -2.58. The van der Waals surface area contributed by atoms with Gasteiger partial charge in [0.1, 0.15) is 30.4 Å². The summed E-state index contributed by atoms with van der Waals surface area (Å²) in [6.45, 7) is 3.49. The second-order valence-electron chi connectivity index (χ2n) is 13.8. The van der Waals surface area contributed by atoms with Crippen LogP contribution in [0.1, 0.15) is 31.4 Å². The van der Waals surface area contributed by atoms with E-state index in [0.29, 0.717) is 23.4 Å². The predicted molar refractivity (Wildman–Crippen MR) is 180 cm³/mol. The molecule has 8 saturated heterocycles. The molecule has 10 aliphatic heterocycles. The van der Waals surface area contributed by atoms with Crippen molar-refractivity contribution in [3.63, 3.8) is 0 Å². The fourth-order valence-electron chi connectivity index (χ4n) is 10.2. The number of aliphatic hydroxyl groups is 2. The summed E-state index contributed by atoms with van der Waals surface area (Å²) in [7, 11) is 7.70. The molecule has 10 aliphatic rings. The largest absolute Gasteiger partial charge is 0.388 e. The van der Waals surface area contributed by atoms with E-state index < -0.39 is 78.4 Å². The third kappa shape index (κ3) is 2.50. The van der Waals surface area contributed by atoms with Crippen molar-refractivity contribution in [3.05, 3.63) is 59.4 Å². The zero-order valence-electron chi connectivity index (χ0n) is 25.9. The van der Waals surface area contributed by atoms with Crippen molar-refractivity contribution in [2.45, 2.75) is 75.1 Å². The molecule has 2 aromatic carbocycles. The van der Waals surface area contributed by atoms with Crippen LogP contribution in [0.2, 0.25) is 0 Å². The molecule has 8 fully saturated rings. The summed E-state index contributed by atoms with van der Waals surface area (Å²) in [5, 5.41) is 33.5. The number of nitrogens with zero attached hydrogens (tertiary/aromatic N) is 4. The van der Waals surface area contributed by atoms with Gasteiger partial charge in [0.05, 0.1) is 10.8 Å². The standard InChI is InChI=1S/C31H29FN6O6S4/c1-5-27-23(42)38-20-28(14-8-6-7-9-16(14)33-20,18(39)31(38,48-46-27)25(44)36(27)4)29-15-12-13(32)10-11-17(15)34-21(29)37-22(41)26(2)35(3)24(43)30(37,19(29)40)47-45-26/h6-12,18-21,33-34,39-40H,5H2,1-4H3/t18-,19-,20+,21+,26-,27-,28+,29+,30-,31-/m0/s1. The Labute approximate surface area is 289 Å². The van der Waals surface area contributed by atoms with Gasteiger partial charge >= 0.3 is 0 Å². The van der Waals surface area contributed by atoms with Crippen molar-refractivity contribution < 1.29 is 33.8 Å². The van der Waals surface area contributed by atoms with Gasteiger partial charge in [-0.15, -0.1) is 0 Å². The van der Waals surface area contributed by atoms with Crippen LogP contribution in [-0.2, 0) is 30.0 Å². The molecule has 12 nitrogen and oxygen atoms in total. The average molecular weight is 729 g/mol. The molecular weight excluding hydrogens is 700 g/mol. The number of aliphatic hydroxyl groups excluding tert-OH is 2. The number of para-hydroxylation sites is 1. The minimum atomic E-state index is -1.89. The molecule has 0 radical (unpaired) electrons. The van der Waals surface area contributed by atoms with Gasteiger partial charge in [0.15, 0.2) is 9.74 Å². The first kappa shape index (κ1) is 30.0. The zero-order chi connectivity index (χ0) is 33.7. The molecule has 17 heteroatoms. The smallest absolute Gasteiger partial charge is 0.264 e. The number of hydrogen-bond donors (Lipinski definition) is 4. The fourth-order valence-corrected chi connectivity index (χ4v) is 17.7. The molecule has 12 rings (SSSR count). The van der Waals surface area contributed by atoms with E-state index in [9.17, 15) is 29.4 Å². The lowest BCUT2D eigenvalue weighted by Crippen LogP contribution is -2.78. The molecule has 48 heavy (non-hydrogen) atoms. The number of carbonyl (C=O) groups is 4. The fraction of sp³-hybridized carbons (Fsp3) is 0.484. The molecule has 4 bridgehead atoms. The van der Waals surface area contributed by atoms with E-state index in [1.165, 1.54) is 66.4 Å². The molecule has 4 N–H and O–H groups in total. The van der Waals surface area contributed by atoms with Crippen molar-refractivity contribution in [2.24, 2.45) is 0 Å². The van der Waals surface area contributed by atoms with Crippen LogP contribution in [0.5, 0.6) is 0 Å². The monoisotopic (exact) mass is 728 g/mol. The summed E-state index contributed by atoms with van der Waals surface area (Å²) in [5.41, 5.74) is -1.99. The van der Waals surface area contributed by atoms with E-state index in [4.69, 9.17) is 0 Å². The Hall–Kier alpha value is -2.83. The predicted octanol–water partition coefficient (Wildman–Crippen LogP) is 1.86. The van der Waals surface area contributed by atoms with Crippen LogP contribution in [0.25, 0.3) is 0 Å². The maximum atomic E-state index is 15.6. The zero-order valence-corrected chi connectivity index (χ0v) is 29.2. The quantitative estimate of drug-likeness (QED) is 0.335. The Balaban J connectivity index is 1.36. The molecule has 10 atom stereocenters. The summed E-state index contributed by atoms with van der Waals surface area (Å²) in [5.74, 6) is -2.42. The Bertz CT molecular complexity index is 1970. The summed E-state index contributed by atoms with van der Waals surface area (Å²) >= 11 is 0. The summed E-state index contributed by atoms with van der Waals surface area (Å²) < 4.78 is 15.6. The van der Waals surface area contributed by atoms with E-state index >= 15 is 4.39 Å². The highest BCUT2D eigenvalue weighted by Crippen LogP contribution is 2.78. The van der Waals surface area contributed by atoms with Crippen molar-refractivity contribution in [1.29, 1.82) is 0 Å². The number of amides is 4. The maximum absolute atomic E-state index is 15.6. The van der Waals surface area contributed by atoms with E-state index in [-0.39, 0.29) is 11.5 Å². The van der Waals surface area contributed by atoms with Gasteiger partial charge in [0, 0.05) is 25.5 Å². The molecule has 2 aromatic rings. The van der Waals surface area contributed by atoms with Gasteiger partial charge < -0.3 is 30.6 Å². The normalized spacial score (nSPS) is 45.6. The Morgan fingerprint density at radius 2 is 1.31 bits per heavy atom. The number of hydrogen-bond acceptors (Lipinski definition) is 12. The van der Waals surface area contributed by atoms with Crippen LogP contribution in [0, 0.1) is 5.82 Å². The third-order valence-corrected chi connectivity index (χ3v) is 19.9. The van der Waals surface area contributed by atoms with Crippen LogP contribution in [0.4, 0.5) is 15.8 Å². The minimum Gasteiger partial charge on any atom is -0.388 e. The lowest BCUT2D eigenvalue weighted by molar-refractivity contribution is -0.167. The summed E-state index contributed by atoms with van der Waals surface area (Å²) in [4.78, 5) is 58.1. The average Bonchev–Trinajstić information content (AvgIpc) is 3.72. The van der Waals surface area contributed by atoms with Gasteiger partial charge in [-0.1, -0.05) is 46.7 Å². The highest BCUT2D eigenvalue weighted by Gasteiger charge is 2.93. The highest BCUT2D eigenvalue weighted by molar-refractivity contribution is 8.78. The molecule has 250 valence electrons. The number of piperazine rings is 2. The van der Waals surface area contributed by atoms with Crippen molar-refractivity contribution in [2.75, 3.05) is 24.7 Å². The second-order valence-corrected chi connectivity index (χ2v) is 19.2. The van der Waals surface area contributed by atoms with Crippen LogP contribution < -0.4 is 10.6 Å². The molecule has 0 saturated carbocycles. The van der Waals surface area contributed by atoms with Gasteiger partial charge in [0.25, 0.3) is 23.6 Å². The van der Waals surface area contributed by atoms with Gasteiger partial charge in [-0.25, -0.2) is 4.39 Å². The Morgan fingerprint density at radius 3 is 1.98 bits per heavy atom. The van der Waals surface area contributed by atoms with Gasteiger partial charge in [-0.2, -0.15) is 0 Å². The van der Waals surface area contributed by atoms with E-state index in [1.807, 2.05) is 6.92 Å². The first-order valence-electron chi connectivity index (χ1n) is 15.6. The second kappa shape index (κ2) is 8.54. The van der Waals surface area contributed by atoms with Crippen LogP contribution in [0.3, 0.4) is 0 Å². The van der Waals surface area contributed by atoms with Crippen molar-refractivity contribution >= 4 is 78.2 Å². The number of anilines is 2. The number of likely N-dealkylation sites (N-methyl/N-ethyl adjacent to an activating group) is 2. The van der Waals surface area contributed by atoms with Gasteiger partial charge in [-0.3, -0.25) is 29.0 Å². The molecule has 0 aromatic heterocycles. The van der Waals surface area contributed by atoms with Crippen LogP contribution in [-0.4, -0.2) is 112 Å². The first-order valence-corrected chi connectivity index (χ1v) is 19.9. The lowest BCUT2D eigenvalue weighted by atomic mass is 9.52. The number of carbonyl (C=O) groups excluding carboxylic acids is 4. The summed E-state index contributed by atoms with van der Waals surface area (Å²) in [6, 6.07) is 11.2. The SMILES string of the molecule is CC[C@@]12SS[C@]3(C(=O)N1C)[C@@H](O)[C@]1([C@@]45c6cc(F)ccc6N[C@@H]4N4C(=O)[C@]6(C)SS[C@]4(C(=O)N6C)[C@H]5O)c4ccccc4N[C@@H]1N3C2=O. The van der Waals surface area contributed by atoms with E-state index in [0.717, 1.165) is 21.6 Å².